The standard InChI is InChI=1S/C37H36N4O3/c1-39(2)34(27-11-5-4-6-12-27)23-38-36(42)33-22-21-30-25-41(32-15-9-7-13-29(32)24-40(30)33)37(43)28-19-17-26(18-20-28)31-14-8-10-16-35(31)44-3/h4-22,34H,23-25H2,1-3H3,(H,38,42). The lowest BCUT2D eigenvalue weighted by Crippen LogP contribution is -2.35. The largest absolute Gasteiger partial charge is 0.496 e. The summed E-state index contributed by atoms with van der Waals surface area (Å²) in [4.78, 5) is 31.5. The van der Waals surface area contributed by atoms with Gasteiger partial charge in [-0.3, -0.25) is 9.59 Å². The van der Waals surface area contributed by atoms with Gasteiger partial charge in [0.05, 0.1) is 26.2 Å². The van der Waals surface area contributed by atoms with Crippen molar-refractivity contribution in [1.82, 2.24) is 14.8 Å². The van der Waals surface area contributed by atoms with Gasteiger partial charge >= 0.3 is 0 Å². The first-order valence-corrected chi connectivity index (χ1v) is 14.8. The van der Waals surface area contributed by atoms with Crippen molar-refractivity contribution in [3.05, 3.63) is 143 Å². The Morgan fingerprint density at radius 1 is 0.818 bits per heavy atom. The van der Waals surface area contributed by atoms with Crippen molar-refractivity contribution in [3.63, 3.8) is 0 Å². The minimum atomic E-state index is -0.136. The molecule has 0 fully saturated rings. The average molecular weight is 585 g/mol. The van der Waals surface area contributed by atoms with Crippen LogP contribution in [-0.4, -0.2) is 49.0 Å². The van der Waals surface area contributed by atoms with Gasteiger partial charge in [-0.1, -0.05) is 78.9 Å². The first kappa shape index (κ1) is 29.0. The Morgan fingerprint density at radius 3 is 2.27 bits per heavy atom. The van der Waals surface area contributed by atoms with Gasteiger partial charge in [0.2, 0.25) is 0 Å². The Labute approximate surface area is 258 Å². The van der Waals surface area contributed by atoms with Crippen LogP contribution in [0.25, 0.3) is 11.1 Å². The third-order valence-electron chi connectivity index (χ3n) is 8.29. The number of anilines is 1. The zero-order valence-electron chi connectivity index (χ0n) is 25.2. The van der Waals surface area contributed by atoms with Gasteiger partial charge in [0.1, 0.15) is 11.4 Å². The maximum atomic E-state index is 14.0. The molecule has 1 unspecified atom stereocenters. The van der Waals surface area contributed by atoms with Gasteiger partial charge < -0.3 is 24.4 Å². The maximum absolute atomic E-state index is 14.0. The van der Waals surface area contributed by atoms with E-state index < -0.39 is 0 Å². The molecule has 6 rings (SSSR count). The molecule has 1 aromatic heterocycles. The van der Waals surface area contributed by atoms with Gasteiger partial charge in [-0.2, -0.15) is 0 Å². The van der Waals surface area contributed by atoms with Crippen LogP contribution in [-0.2, 0) is 13.1 Å². The minimum Gasteiger partial charge on any atom is -0.496 e. The molecule has 2 amide bonds. The van der Waals surface area contributed by atoms with E-state index in [0.29, 0.717) is 30.9 Å². The third-order valence-corrected chi connectivity index (χ3v) is 8.29. The highest BCUT2D eigenvalue weighted by Gasteiger charge is 2.28. The molecule has 7 heteroatoms. The van der Waals surface area contributed by atoms with Crippen LogP contribution >= 0.6 is 0 Å². The number of carbonyl (C=O) groups is 2. The molecular weight excluding hydrogens is 548 g/mol. The van der Waals surface area contributed by atoms with Crippen LogP contribution in [0.1, 0.15) is 43.7 Å². The van der Waals surface area contributed by atoms with E-state index in [1.54, 1.807) is 7.11 Å². The summed E-state index contributed by atoms with van der Waals surface area (Å²) >= 11 is 0. The molecule has 0 saturated heterocycles. The van der Waals surface area contributed by atoms with Crippen molar-refractivity contribution in [1.29, 1.82) is 0 Å². The number of rotatable bonds is 8. The molecule has 0 spiro atoms. The highest BCUT2D eigenvalue weighted by molar-refractivity contribution is 6.07. The summed E-state index contributed by atoms with van der Waals surface area (Å²) in [5.74, 6) is 0.551. The summed E-state index contributed by atoms with van der Waals surface area (Å²) in [6.45, 7) is 1.32. The highest BCUT2D eigenvalue weighted by Crippen LogP contribution is 2.32. The van der Waals surface area contributed by atoms with Crippen LogP contribution < -0.4 is 15.0 Å². The number of para-hydroxylation sites is 2. The van der Waals surface area contributed by atoms with E-state index in [1.807, 2.05) is 127 Å². The van der Waals surface area contributed by atoms with Crippen LogP contribution in [0.5, 0.6) is 5.75 Å². The van der Waals surface area contributed by atoms with E-state index in [-0.39, 0.29) is 17.9 Å². The smallest absolute Gasteiger partial charge is 0.267 e. The number of nitrogens with one attached hydrogen (secondary N) is 1. The molecule has 222 valence electrons. The van der Waals surface area contributed by atoms with E-state index >= 15 is 0 Å². The highest BCUT2D eigenvalue weighted by atomic mass is 16.5. The summed E-state index contributed by atoms with van der Waals surface area (Å²) in [6, 6.07) is 37.4. The van der Waals surface area contributed by atoms with Gasteiger partial charge in [-0.05, 0) is 67.2 Å². The lowest BCUT2D eigenvalue weighted by molar-refractivity contribution is 0.0932. The number of hydrogen-bond acceptors (Lipinski definition) is 4. The van der Waals surface area contributed by atoms with Gasteiger partial charge in [-0.15, -0.1) is 0 Å². The Kier molecular flexibility index (Phi) is 8.30. The van der Waals surface area contributed by atoms with Crippen LogP contribution in [0.15, 0.2) is 115 Å². The molecule has 1 atom stereocenters. The predicted octanol–water partition coefficient (Wildman–Crippen LogP) is 6.41. The fourth-order valence-electron chi connectivity index (χ4n) is 5.92. The Morgan fingerprint density at radius 2 is 1.52 bits per heavy atom. The van der Waals surface area contributed by atoms with Crippen LogP contribution in [0.4, 0.5) is 5.69 Å². The number of likely N-dealkylation sites (N-methyl/N-ethyl adjacent to an activating group) is 1. The molecule has 0 bridgehead atoms. The molecule has 4 aromatic carbocycles. The summed E-state index contributed by atoms with van der Waals surface area (Å²) in [5.41, 5.74) is 6.98. The lowest BCUT2D eigenvalue weighted by atomic mass is 10.0. The Hall–Kier alpha value is -5.14. The first-order chi connectivity index (χ1) is 21.4. The number of ether oxygens (including phenoxy) is 1. The van der Waals surface area contributed by atoms with Crippen LogP contribution in [0.3, 0.4) is 0 Å². The summed E-state index contributed by atoms with van der Waals surface area (Å²) in [7, 11) is 5.69. The van der Waals surface area contributed by atoms with Crippen LogP contribution in [0, 0.1) is 0 Å². The molecule has 0 aliphatic carbocycles. The fraction of sp³-hybridized carbons (Fsp3) is 0.189. The van der Waals surface area contributed by atoms with Crippen molar-refractivity contribution in [2.45, 2.75) is 19.1 Å². The van der Waals surface area contributed by atoms with Crippen molar-refractivity contribution < 1.29 is 14.3 Å². The second kappa shape index (κ2) is 12.6. The number of methoxy groups -OCH3 is 1. The number of aromatic nitrogens is 1. The normalized spacial score (nSPS) is 13.0. The number of carbonyl (C=O) groups excluding carboxylic acids is 2. The van der Waals surface area contributed by atoms with E-state index in [1.165, 1.54) is 0 Å². The second-order valence-electron chi connectivity index (χ2n) is 11.2. The average Bonchev–Trinajstić information content (AvgIpc) is 3.38. The molecule has 7 nitrogen and oxygen atoms in total. The monoisotopic (exact) mass is 584 g/mol. The molecule has 2 heterocycles. The van der Waals surface area contributed by atoms with Gasteiger partial charge in [0, 0.05) is 29.1 Å². The van der Waals surface area contributed by atoms with E-state index in [9.17, 15) is 9.59 Å². The Bertz CT molecular complexity index is 1780. The number of amides is 2. The maximum Gasteiger partial charge on any atom is 0.267 e. The summed E-state index contributed by atoms with van der Waals surface area (Å²) in [6.07, 6.45) is 0. The Balaban J connectivity index is 1.25. The van der Waals surface area contributed by atoms with Gasteiger partial charge in [-0.25, -0.2) is 0 Å². The quantitative estimate of drug-likeness (QED) is 0.229. The molecule has 44 heavy (non-hydrogen) atoms. The third kappa shape index (κ3) is 5.74. The van der Waals surface area contributed by atoms with E-state index in [2.05, 4.69) is 22.3 Å². The van der Waals surface area contributed by atoms with Gasteiger partial charge in [0.15, 0.2) is 0 Å². The van der Waals surface area contributed by atoms with E-state index in [4.69, 9.17) is 4.74 Å². The molecule has 1 aliphatic rings. The van der Waals surface area contributed by atoms with Crippen molar-refractivity contribution >= 4 is 17.5 Å². The van der Waals surface area contributed by atoms with Crippen LogP contribution in [0.2, 0.25) is 0 Å². The van der Waals surface area contributed by atoms with E-state index in [0.717, 1.165) is 39.4 Å². The zero-order valence-corrected chi connectivity index (χ0v) is 25.2. The molecular formula is C37H36N4O3. The number of hydrogen-bond donors (Lipinski definition) is 1. The summed E-state index contributed by atoms with van der Waals surface area (Å²) < 4.78 is 7.55. The first-order valence-electron chi connectivity index (χ1n) is 14.8. The lowest BCUT2D eigenvalue weighted by Gasteiger charge is -2.25. The fourth-order valence-corrected chi connectivity index (χ4v) is 5.92. The molecule has 5 aromatic rings. The zero-order chi connectivity index (χ0) is 30.6. The molecule has 1 aliphatic heterocycles. The SMILES string of the molecule is COc1ccccc1-c1ccc(C(=O)N2Cc3ccc(C(=O)NCC(c4ccccc4)N(C)C)n3Cc3ccccc32)cc1. The number of benzene rings is 4. The second-order valence-corrected chi connectivity index (χ2v) is 11.2. The predicted molar refractivity (Wildman–Crippen MR) is 174 cm³/mol. The van der Waals surface area contributed by atoms with Crippen molar-refractivity contribution in [2.24, 2.45) is 0 Å². The number of fused-ring (bicyclic) bond motifs is 2. The molecule has 1 N–H and O–H groups in total. The van der Waals surface area contributed by atoms with Gasteiger partial charge in [0.25, 0.3) is 11.8 Å². The molecule has 0 radical (unpaired) electrons. The summed E-state index contributed by atoms with van der Waals surface area (Å²) in [5, 5.41) is 3.16. The molecule has 0 saturated carbocycles. The van der Waals surface area contributed by atoms with Crippen molar-refractivity contribution in [2.75, 3.05) is 32.6 Å². The topological polar surface area (TPSA) is 66.8 Å². The number of nitrogens with zero attached hydrogens (tertiary/aromatic N) is 3. The van der Waals surface area contributed by atoms with Crippen molar-refractivity contribution in [3.8, 4) is 16.9 Å². The minimum absolute atomic E-state index is 0.0434.